The van der Waals surface area contributed by atoms with E-state index in [9.17, 15) is 4.79 Å². The summed E-state index contributed by atoms with van der Waals surface area (Å²) in [7, 11) is 0. The zero-order valence-corrected chi connectivity index (χ0v) is 14.0. The van der Waals surface area contributed by atoms with Crippen LogP contribution in [0.5, 0.6) is 0 Å². The van der Waals surface area contributed by atoms with Gasteiger partial charge in [0, 0.05) is 34.6 Å². The fraction of sp³-hybridized carbons (Fsp3) is 0.375. The first-order chi connectivity index (χ1) is 10.7. The highest BCUT2D eigenvalue weighted by Crippen LogP contribution is 2.35. The molecule has 0 aliphatic carbocycles. The molecule has 0 radical (unpaired) electrons. The largest absolute Gasteiger partial charge is 0.290 e. The Morgan fingerprint density at radius 3 is 3.14 bits per heavy atom. The first kappa shape index (κ1) is 14.1. The predicted octanol–water partition coefficient (Wildman–Crippen LogP) is 3.46. The molecule has 0 N–H and O–H groups in total. The molecule has 3 aromatic rings. The second-order valence-corrected chi connectivity index (χ2v) is 7.54. The third-order valence-electron chi connectivity index (χ3n) is 4.23. The number of likely N-dealkylation sites (tertiary alicyclic amines) is 1. The first-order valence-corrected chi connectivity index (χ1v) is 9.22. The average molecular weight is 331 g/mol. The Labute approximate surface area is 136 Å². The third-order valence-corrected chi connectivity index (χ3v) is 6.15. The highest BCUT2D eigenvalue weighted by atomic mass is 32.1. The number of rotatable bonds is 3. The normalized spacial score (nSPS) is 19.2. The second-order valence-electron chi connectivity index (χ2n) is 5.72. The fourth-order valence-electron chi connectivity index (χ4n) is 3.21. The summed E-state index contributed by atoms with van der Waals surface area (Å²) in [5.41, 5.74) is 1.88. The van der Waals surface area contributed by atoms with Crippen LogP contribution in [0, 0.1) is 6.92 Å². The van der Waals surface area contributed by atoms with Gasteiger partial charge in [0.2, 0.25) is 0 Å². The van der Waals surface area contributed by atoms with Gasteiger partial charge in [-0.15, -0.1) is 22.7 Å². The smallest absolute Gasteiger partial charge is 0.259 e. The van der Waals surface area contributed by atoms with Gasteiger partial charge in [0.05, 0.1) is 5.69 Å². The molecule has 4 nitrogen and oxygen atoms in total. The standard InChI is InChI=1S/C16H17N3OS2/c1-11-10-22-16-17-12(8-15(20)19(11)16)9-18-6-2-4-13(18)14-5-3-7-21-14/h3,5,7-8,10,13H,2,4,6,9H2,1H3/t13-/m1/s1. The number of hydrogen-bond donors (Lipinski definition) is 0. The highest BCUT2D eigenvalue weighted by molar-refractivity contribution is 7.15. The lowest BCUT2D eigenvalue weighted by Gasteiger charge is -2.23. The van der Waals surface area contributed by atoms with Crippen LogP contribution in [0.15, 0.2) is 33.8 Å². The van der Waals surface area contributed by atoms with E-state index in [1.165, 1.54) is 29.1 Å². The lowest BCUT2D eigenvalue weighted by atomic mass is 10.2. The van der Waals surface area contributed by atoms with Crippen molar-refractivity contribution in [1.82, 2.24) is 14.3 Å². The molecule has 0 amide bonds. The van der Waals surface area contributed by atoms with Gasteiger partial charge in [0.25, 0.3) is 5.56 Å². The van der Waals surface area contributed by atoms with E-state index < -0.39 is 0 Å². The maximum Gasteiger partial charge on any atom is 0.259 e. The topological polar surface area (TPSA) is 37.6 Å². The van der Waals surface area contributed by atoms with Crippen molar-refractivity contribution >= 4 is 27.6 Å². The van der Waals surface area contributed by atoms with Crippen LogP contribution in [0.25, 0.3) is 4.96 Å². The molecule has 0 spiro atoms. The molecule has 1 aliphatic rings. The summed E-state index contributed by atoms with van der Waals surface area (Å²) in [5.74, 6) is 0. The number of thiazole rings is 1. The highest BCUT2D eigenvalue weighted by Gasteiger charge is 2.27. The van der Waals surface area contributed by atoms with Crippen LogP contribution in [-0.4, -0.2) is 20.8 Å². The molecule has 0 bridgehead atoms. The van der Waals surface area contributed by atoms with Crippen LogP contribution in [0.1, 0.15) is 35.1 Å². The molecule has 0 unspecified atom stereocenters. The number of thiophene rings is 1. The van der Waals surface area contributed by atoms with Crippen LogP contribution in [0.4, 0.5) is 0 Å². The van der Waals surface area contributed by atoms with Gasteiger partial charge in [-0.05, 0) is 37.8 Å². The maximum absolute atomic E-state index is 12.3. The van der Waals surface area contributed by atoms with Gasteiger partial charge in [-0.2, -0.15) is 0 Å². The Balaban J connectivity index is 1.64. The van der Waals surface area contributed by atoms with Gasteiger partial charge < -0.3 is 0 Å². The summed E-state index contributed by atoms with van der Waals surface area (Å²) in [4.78, 5) is 21.6. The van der Waals surface area contributed by atoms with Crippen molar-refractivity contribution in [3.63, 3.8) is 0 Å². The monoisotopic (exact) mass is 331 g/mol. The van der Waals surface area contributed by atoms with E-state index in [0.29, 0.717) is 6.04 Å². The molecular weight excluding hydrogens is 314 g/mol. The summed E-state index contributed by atoms with van der Waals surface area (Å²) in [6.07, 6.45) is 2.40. The molecule has 114 valence electrons. The molecule has 0 aromatic carbocycles. The molecule has 1 saturated heterocycles. The quantitative estimate of drug-likeness (QED) is 0.737. The molecule has 4 heterocycles. The molecule has 1 aliphatic heterocycles. The molecule has 6 heteroatoms. The van der Waals surface area contributed by atoms with Gasteiger partial charge in [-0.1, -0.05) is 6.07 Å². The minimum atomic E-state index is 0.0330. The van der Waals surface area contributed by atoms with Crippen molar-refractivity contribution in [2.24, 2.45) is 0 Å². The summed E-state index contributed by atoms with van der Waals surface area (Å²) in [6.45, 7) is 3.78. The van der Waals surface area contributed by atoms with Crippen LogP contribution < -0.4 is 5.56 Å². The van der Waals surface area contributed by atoms with E-state index in [1.54, 1.807) is 10.5 Å². The molecule has 3 aromatic heterocycles. The van der Waals surface area contributed by atoms with Crippen molar-refractivity contribution in [1.29, 1.82) is 0 Å². The molecule has 22 heavy (non-hydrogen) atoms. The Hall–Kier alpha value is -1.50. The Morgan fingerprint density at radius 2 is 2.32 bits per heavy atom. The first-order valence-electron chi connectivity index (χ1n) is 7.46. The second kappa shape index (κ2) is 5.61. The van der Waals surface area contributed by atoms with E-state index in [1.807, 2.05) is 23.6 Å². The van der Waals surface area contributed by atoms with E-state index in [0.717, 1.165) is 29.4 Å². The summed E-state index contributed by atoms with van der Waals surface area (Å²) in [5, 5.41) is 4.12. The molecule has 4 rings (SSSR count). The van der Waals surface area contributed by atoms with Crippen molar-refractivity contribution in [2.75, 3.05) is 6.54 Å². The van der Waals surface area contributed by atoms with Crippen LogP contribution >= 0.6 is 22.7 Å². The Kier molecular flexibility index (Phi) is 3.60. The summed E-state index contributed by atoms with van der Waals surface area (Å²) >= 11 is 3.35. The maximum atomic E-state index is 12.3. The zero-order chi connectivity index (χ0) is 15.1. The lowest BCUT2D eigenvalue weighted by molar-refractivity contribution is 0.248. The van der Waals surface area contributed by atoms with E-state index in [4.69, 9.17) is 0 Å². The number of hydrogen-bond acceptors (Lipinski definition) is 5. The molecule has 0 saturated carbocycles. The zero-order valence-electron chi connectivity index (χ0n) is 12.4. The van der Waals surface area contributed by atoms with Crippen LogP contribution in [0.3, 0.4) is 0 Å². The van der Waals surface area contributed by atoms with E-state index in [2.05, 4.69) is 27.4 Å². The van der Waals surface area contributed by atoms with Crippen molar-refractivity contribution in [3.8, 4) is 0 Å². The summed E-state index contributed by atoms with van der Waals surface area (Å²) < 4.78 is 1.69. The van der Waals surface area contributed by atoms with Crippen molar-refractivity contribution < 1.29 is 0 Å². The van der Waals surface area contributed by atoms with Crippen molar-refractivity contribution in [3.05, 3.63) is 55.6 Å². The average Bonchev–Trinajstić information content (AvgIpc) is 3.19. The Bertz CT molecular complexity index is 850. The molecular formula is C16H17N3OS2. The summed E-state index contributed by atoms with van der Waals surface area (Å²) in [6, 6.07) is 6.49. The lowest BCUT2D eigenvalue weighted by Crippen LogP contribution is -2.24. The minimum absolute atomic E-state index is 0.0330. The fourth-order valence-corrected chi connectivity index (χ4v) is 4.99. The van der Waals surface area contributed by atoms with Gasteiger partial charge in [0.1, 0.15) is 0 Å². The van der Waals surface area contributed by atoms with Gasteiger partial charge in [-0.25, -0.2) is 4.98 Å². The van der Waals surface area contributed by atoms with Gasteiger partial charge in [-0.3, -0.25) is 14.1 Å². The van der Waals surface area contributed by atoms with E-state index >= 15 is 0 Å². The van der Waals surface area contributed by atoms with E-state index in [-0.39, 0.29) is 5.56 Å². The number of fused-ring (bicyclic) bond motifs is 1. The predicted molar refractivity (Wildman–Crippen MR) is 90.8 cm³/mol. The molecule has 1 atom stereocenters. The number of aromatic nitrogens is 2. The van der Waals surface area contributed by atoms with Gasteiger partial charge >= 0.3 is 0 Å². The third kappa shape index (κ3) is 2.41. The number of nitrogens with zero attached hydrogens (tertiary/aromatic N) is 3. The Morgan fingerprint density at radius 1 is 1.41 bits per heavy atom. The van der Waals surface area contributed by atoms with Gasteiger partial charge in [0.15, 0.2) is 4.96 Å². The minimum Gasteiger partial charge on any atom is -0.290 e. The number of aryl methyl sites for hydroxylation is 1. The van der Waals surface area contributed by atoms with Crippen LogP contribution in [-0.2, 0) is 6.54 Å². The molecule has 1 fully saturated rings. The SMILES string of the molecule is Cc1csc2nc(CN3CCC[C@@H]3c3cccs3)cc(=O)n12. The van der Waals surface area contributed by atoms with Crippen LogP contribution in [0.2, 0.25) is 0 Å². The van der Waals surface area contributed by atoms with Crippen molar-refractivity contribution in [2.45, 2.75) is 32.4 Å².